The number of hydrogen-bond donors (Lipinski definition) is 2. The third kappa shape index (κ3) is 3.89. The number of benzene rings is 2. The molecular formula is C20H19ClN4O. The third-order valence-electron chi connectivity index (χ3n) is 4.11. The van der Waals surface area contributed by atoms with Crippen molar-refractivity contribution in [3.8, 4) is 17.1 Å². The molecule has 0 radical (unpaired) electrons. The number of halogens is 1. The molecule has 0 spiro atoms. The minimum Gasteiger partial charge on any atom is -0.495 e. The summed E-state index contributed by atoms with van der Waals surface area (Å²) < 4.78 is 5.20. The quantitative estimate of drug-likeness (QED) is 0.633. The second-order valence-electron chi connectivity index (χ2n) is 6.22. The van der Waals surface area contributed by atoms with Gasteiger partial charge in [0.1, 0.15) is 17.4 Å². The number of hydrogen-bond acceptors (Lipinski definition) is 5. The molecule has 1 heterocycles. The Kier molecular flexibility index (Phi) is 4.63. The van der Waals surface area contributed by atoms with Gasteiger partial charge in [0.15, 0.2) is 5.82 Å². The zero-order valence-corrected chi connectivity index (χ0v) is 15.1. The van der Waals surface area contributed by atoms with Crippen molar-refractivity contribution in [2.45, 2.75) is 18.9 Å². The molecule has 0 atom stereocenters. The predicted molar refractivity (Wildman–Crippen MR) is 105 cm³/mol. The molecule has 0 amide bonds. The minimum atomic E-state index is 0.511. The standard InChI is InChI=1S/C20H19ClN4O/c1-26-17-10-9-15(11-16(17)21)23-19-12-18(22-14-7-8-14)24-20(25-19)13-5-3-2-4-6-13/h2-6,9-12,14H,7-8H2,1H3,(H2,22,23,24,25). The highest BCUT2D eigenvalue weighted by Crippen LogP contribution is 2.30. The van der Waals surface area contributed by atoms with E-state index >= 15 is 0 Å². The Morgan fingerprint density at radius 1 is 1.00 bits per heavy atom. The topological polar surface area (TPSA) is 59.1 Å². The van der Waals surface area contributed by atoms with Crippen LogP contribution in [0, 0.1) is 0 Å². The monoisotopic (exact) mass is 366 g/mol. The molecule has 1 fully saturated rings. The summed E-state index contributed by atoms with van der Waals surface area (Å²) in [5, 5.41) is 7.30. The summed E-state index contributed by atoms with van der Waals surface area (Å²) in [6.07, 6.45) is 2.36. The van der Waals surface area contributed by atoms with Gasteiger partial charge in [0.2, 0.25) is 0 Å². The molecular weight excluding hydrogens is 348 g/mol. The maximum absolute atomic E-state index is 6.22. The molecule has 4 rings (SSSR count). The number of aromatic nitrogens is 2. The van der Waals surface area contributed by atoms with Crippen molar-refractivity contribution in [3.05, 3.63) is 59.6 Å². The summed E-state index contributed by atoms with van der Waals surface area (Å²) in [4.78, 5) is 9.32. The normalized spacial score (nSPS) is 13.3. The van der Waals surface area contributed by atoms with Crippen LogP contribution in [-0.4, -0.2) is 23.1 Å². The van der Waals surface area contributed by atoms with Crippen molar-refractivity contribution in [2.75, 3.05) is 17.7 Å². The molecule has 2 N–H and O–H groups in total. The second kappa shape index (κ2) is 7.22. The Bertz CT molecular complexity index is 913. The first-order valence-corrected chi connectivity index (χ1v) is 8.90. The van der Waals surface area contributed by atoms with Crippen molar-refractivity contribution >= 4 is 28.9 Å². The van der Waals surface area contributed by atoms with Gasteiger partial charge in [-0.25, -0.2) is 9.97 Å². The lowest BCUT2D eigenvalue weighted by Gasteiger charge is -2.12. The van der Waals surface area contributed by atoms with Crippen LogP contribution in [0.1, 0.15) is 12.8 Å². The van der Waals surface area contributed by atoms with E-state index in [1.165, 1.54) is 12.8 Å². The van der Waals surface area contributed by atoms with Crippen LogP contribution >= 0.6 is 11.6 Å². The van der Waals surface area contributed by atoms with Gasteiger partial charge in [0.25, 0.3) is 0 Å². The summed E-state index contributed by atoms with van der Waals surface area (Å²) in [6, 6.07) is 17.9. The van der Waals surface area contributed by atoms with Gasteiger partial charge in [-0.3, -0.25) is 0 Å². The highest BCUT2D eigenvalue weighted by atomic mass is 35.5. The molecule has 1 aliphatic rings. The van der Waals surface area contributed by atoms with Crippen LogP contribution in [0.15, 0.2) is 54.6 Å². The molecule has 26 heavy (non-hydrogen) atoms. The van der Waals surface area contributed by atoms with E-state index in [1.807, 2.05) is 54.6 Å². The molecule has 0 saturated heterocycles. The number of nitrogens with zero attached hydrogens (tertiary/aromatic N) is 2. The molecule has 1 aromatic heterocycles. The SMILES string of the molecule is COc1ccc(Nc2cc(NC3CC3)nc(-c3ccccc3)n2)cc1Cl. The zero-order valence-electron chi connectivity index (χ0n) is 14.4. The van der Waals surface area contributed by atoms with Crippen LogP contribution in [-0.2, 0) is 0 Å². The largest absolute Gasteiger partial charge is 0.495 e. The molecule has 5 nitrogen and oxygen atoms in total. The highest BCUT2D eigenvalue weighted by molar-refractivity contribution is 6.32. The van der Waals surface area contributed by atoms with Crippen LogP contribution in [0.4, 0.5) is 17.3 Å². The van der Waals surface area contributed by atoms with Gasteiger partial charge in [-0.1, -0.05) is 41.9 Å². The summed E-state index contributed by atoms with van der Waals surface area (Å²) >= 11 is 6.22. The lowest BCUT2D eigenvalue weighted by atomic mass is 10.2. The maximum Gasteiger partial charge on any atom is 0.163 e. The van der Waals surface area contributed by atoms with E-state index in [1.54, 1.807) is 7.11 Å². The van der Waals surface area contributed by atoms with Crippen LogP contribution in [0.2, 0.25) is 5.02 Å². The molecule has 0 bridgehead atoms. The number of methoxy groups -OCH3 is 1. The van der Waals surface area contributed by atoms with Crippen molar-refractivity contribution in [1.29, 1.82) is 0 Å². The van der Waals surface area contributed by atoms with Crippen molar-refractivity contribution in [3.63, 3.8) is 0 Å². The zero-order chi connectivity index (χ0) is 17.9. The second-order valence-corrected chi connectivity index (χ2v) is 6.63. The first-order valence-electron chi connectivity index (χ1n) is 8.53. The predicted octanol–water partition coefficient (Wildman–Crippen LogP) is 5.12. The Morgan fingerprint density at radius 3 is 2.46 bits per heavy atom. The molecule has 1 saturated carbocycles. The molecule has 6 heteroatoms. The first kappa shape index (κ1) is 16.7. The van der Waals surface area contributed by atoms with E-state index in [0.717, 1.165) is 17.1 Å². The fourth-order valence-corrected chi connectivity index (χ4v) is 2.89. The summed E-state index contributed by atoms with van der Waals surface area (Å²) in [5.41, 5.74) is 1.81. The smallest absolute Gasteiger partial charge is 0.163 e. The van der Waals surface area contributed by atoms with E-state index in [4.69, 9.17) is 16.3 Å². The van der Waals surface area contributed by atoms with Gasteiger partial charge >= 0.3 is 0 Å². The fraction of sp³-hybridized carbons (Fsp3) is 0.200. The molecule has 1 aliphatic carbocycles. The van der Waals surface area contributed by atoms with Crippen LogP contribution in [0.25, 0.3) is 11.4 Å². The number of rotatable bonds is 6. The maximum atomic E-state index is 6.22. The van der Waals surface area contributed by atoms with Gasteiger partial charge in [0.05, 0.1) is 12.1 Å². The Morgan fingerprint density at radius 2 is 1.77 bits per heavy atom. The molecule has 0 unspecified atom stereocenters. The Hall–Kier alpha value is -2.79. The summed E-state index contributed by atoms with van der Waals surface area (Å²) in [7, 11) is 1.60. The lowest BCUT2D eigenvalue weighted by molar-refractivity contribution is 0.415. The number of nitrogens with one attached hydrogen (secondary N) is 2. The molecule has 132 valence electrons. The number of anilines is 3. The van der Waals surface area contributed by atoms with Crippen molar-refractivity contribution < 1.29 is 4.74 Å². The molecule has 0 aliphatic heterocycles. The van der Waals surface area contributed by atoms with Crippen LogP contribution in [0.3, 0.4) is 0 Å². The van der Waals surface area contributed by atoms with Gasteiger partial charge < -0.3 is 15.4 Å². The minimum absolute atomic E-state index is 0.511. The van der Waals surface area contributed by atoms with Gasteiger partial charge in [-0.15, -0.1) is 0 Å². The van der Waals surface area contributed by atoms with Crippen molar-refractivity contribution in [1.82, 2.24) is 9.97 Å². The van der Waals surface area contributed by atoms with E-state index in [2.05, 4.69) is 20.6 Å². The van der Waals surface area contributed by atoms with Crippen LogP contribution in [0.5, 0.6) is 5.75 Å². The van der Waals surface area contributed by atoms with Gasteiger partial charge in [-0.2, -0.15) is 0 Å². The summed E-state index contributed by atoms with van der Waals surface area (Å²) in [6.45, 7) is 0. The Labute approximate surface area is 157 Å². The highest BCUT2D eigenvalue weighted by Gasteiger charge is 2.22. The number of ether oxygens (including phenoxy) is 1. The molecule has 2 aromatic carbocycles. The molecule has 3 aromatic rings. The van der Waals surface area contributed by atoms with Gasteiger partial charge in [0, 0.05) is 23.4 Å². The third-order valence-corrected chi connectivity index (χ3v) is 4.41. The average Bonchev–Trinajstić information content (AvgIpc) is 3.46. The van der Waals surface area contributed by atoms with E-state index in [0.29, 0.717) is 28.5 Å². The van der Waals surface area contributed by atoms with Crippen molar-refractivity contribution in [2.24, 2.45) is 0 Å². The van der Waals surface area contributed by atoms with E-state index in [-0.39, 0.29) is 0 Å². The average molecular weight is 367 g/mol. The first-order chi connectivity index (χ1) is 12.7. The Balaban J connectivity index is 1.66. The summed E-state index contributed by atoms with van der Waals surface area (Å²) in [5.74, 6) is 2.85. The lowest BCUT2D eigenvalue weighted by Crippen LogP contribution is -2.06. The van der Waals surface area contributed by atoms with Crippen LogP contribution < -0.4 is 15.4 Å². The van der Waals surface area contributed by atoms with E-state index < -0.39 is 0 Å². The fourth-order valence-electron chi connectivity index (χ4n) is 2.63. The van der Waals surface area contributed by atoms with E-state index in [9.17, 15) is 0 Å². The van der Waals surface area contributed by atoms with Gasteiger partial charge in [-0.05, 0) is 31.0 Å².